The minimum Gasteiger partial charge on any atom is -0.444 e. The monoisotopic (exact) mass is 843 g/mol. The number of nitrogens with two attached hydrogens (primary N) is 1. The Morgan fingerprint density at radius 1 is 0.883 bits per heavy atom. The Morgan fingerprint density at radius 2 is 1.55 bits per heavy atom. The highest BCUT2D eigenvalue weighted by Crippen LogP contribution is 2.47. The maximum absolute atomic E-state index is 14.2. The van der Waals surface area contributed by atoms with E-state index >= 15 is 0 Å². The lowest BCUT2D eigenvalue weighted by molar-refractivity contribution is -0.273. The van der Waals surface area contributed by atoms with E-state index in [1.165, 1.54) is 54.5 Å². The first-order chi connectivity index (χ1) is 28.4. The maximum Gasteiger partial charge on any atom is 0.407 e. The number of nitrogens with one attached hydrogen (secondary N) is 3. The van der Waals surface area contributed by atoms with Crippen molar-refractivity contribution in [3.8, 4) is 0 Å². The highest BCUT2D eigenvalue weighted by atomic mass is 16.8. The molecule has 17 nitrogen and oxygen atoms in total. The van der Waals surface area contributed by atoms with Gasteiger partial charge < -0.3 is 54.3 Å². The summed E-state index contributed by atoms with van der Waals surface area (Å²) in [5.74, 6) is -2.67. The Kier molecular flexibility index (Phi) is 14.6. The Balaban J connectivity index is 1.27. The minimum atomic E-state index is -1.40. The normalized spacial score (nSPS) is 28.8. The summed E-state index contributed by atoms with van der Waals surface area (Å²) < 4.78 is 52.2. The van der Waals surface area contributed by atoms with Gasteiger partial charge in [-0.05, 0) is 78.0 Å². The molecule has 2 aromatic rings. The van der Waals surface area contributed by atoms with Gasteiger partial charge in [0.25, 0.3) is 5.56 Å². The van der Waals surface area contributed by atoms with Crippen LogP contribution in [0.1, 0.15) is 119 Å². The molecule has 10 atom stereocenters. The Hall–Kier alpha value is -3.68. The SMILES string of the molecule is CCCCCCCCc1ccc(NC(=O)[C@@H](N)[C@H](O[C@@H]2O[C@H](CNC(=O)OC(C)(C)C)[C@H]3OC(CC)(CC)O[C@@H]23)[C@H]2O[C@@H](n3ccc(=O)[nH]c3=O)[C@@H]3OC(C)(C)O[C@H]23)cc1. The molecular weight excluding hydrogens is 778 g/mol. The standard InChI is InChI=1S/C43H65N5O12/c1-9-12-13-14-15-16-17-25-18-20-26(21-19-25)46-36(50)29(44)31(32-33-34(57-42(7,8)56-33)37(54-32)48-23-22-28(49)47-39(48)51)55-38-35-30(58-43(10-2,11-3)59-35)27(53-38)24-45-40(52)60-41(4,5)6/h18-23,27,29-35,37-38H,9-17,24,44H2,1-8H3,(H,45,52)(H,46,50)(H,47,49,51)/t27-,29+,30-,31+,32-,33-,34-,35-,37-,38+/m1/s1. The van der Waals surface area contributed by atoms with Crippen molar-refractivity contribution in [3.63, 3.8) is 0 Å². The Morgan fingerprint density at radius 3 is 2.22 bits per heavy atom. The van der Waals surface area contributed by atoms with Crippen LogP contribution in [0, 0.1) is 0 Å². The van der Waals surface area contributed by atoms with Crippen LogP contribution >= 0.6 is 0 Å². The molecule has 6 rings (SSSR count). The predicted octanol–water partition coefficient (Wildman–Crippen LogP) is 4.76. The van der Waals surface area contributed by atoms with E-state index in [1.807, 2.05) is 38.1 Å². The number of carbonyl (C=O) groups is 2. The van der Waals surface area contributed by atoms with Crippen LogP contribution in [0.4, 0.5) is 10.5 Å². The molecule has 0 saturated carbocycles. The second-order valence-electron chi connectivity index (χ2n) is 17.6. The molecule has 0 unspecified atom stereocenters. The molecule has 4 aliphatic heterocycles. The van der Waals surface area contributed by atoms with Crippen molar-refractivity contribution in [2.45, 2.75) is 192 Å². The van der Waals surface area contributed by atoms with Gasteiger partial charge in [-0.15, -0.1) is 0 Å². The van der Waals surface area contributed by atoms with Gasteiger partial charge in [0.15, 0.2) is 24.1 Å². The summed E-state index contributed by atoms with van der Waals surface area (Å²) >= 11 is 0. The molecule has 334 valence electrons. The third-order valence-electron chi connectivity index (χ3n) is 11.4. The minimum absolute atomic E-state index is 0.00182. The average Bonchev–Trinajstić information content (AvgIpc) is 3.91. The lowest BCUT2D eigenvalue weighted by Crippen LogP contribution is -2.57. The number of fused-ring (bicyclic) bond motifs is 2. The van der Waals surface area contributed by atoms with Crippen LogP contribution in [0.5, 0.6) is 0 Å². The van der Waals surface area contributed by atoms with Crippen LogP contribution in [0.25, 0.3) is 0 Å². The first-order valence-corrected chi connectivity index (χ1v) is 21.6. The van der Waals surface area contributed by atoms with Gasteiger partial charge in [-0.2, -0.15) is 0 Å². The van der Waals surface area contributed by atoms with E-state index in [-0.39, 0.29) is 6.54 Å². The molecule has 0 spiro atoms. The fourth-order valence-electron chi connectivity index (χ4n) is 8.32. The van der Waals surface area contributed by atoms with Crippen molar-refractivity contribution in [1.29, 1.82) is 0 Å². The number of carbonyl (C=O) groups excluding carboxylic acids is 2. The van der Waals surface area contributed by atoms with Gasteiger partial charge in [0.2, 0.25) is 5.91 Å². The number of ether oxygens (including phenoxy) is 8. The van der Waals surface area contributed by atoms with Gasteiger partial charge in [-0.25, -0.2) is 9.59 Å². The highest BCUT2D eigenvalue weighted by molar-refractivity contribution is 5.95. The number of anilines is 1. The first kappa shape index (κ1) is 45.8. The molecule has 5 N–H and O–H groups in total. The van der Waals surface area contributed by atoms with Gasteiger partial charge in [0, 0.05) is 24.5 Å². The average molecular weight is 844 g/mol. The van der Waals surface area contributed by atoms with Crippen molar-refractivity contribution in [2.24, 2.45) is 5.73 Å². The van der Waals surface area contributed by atoms with Crippen LogP contribution in [-0.2, 0) is 49.1 Å². The number of unbranched alkanes of at least 4 members (excludes halogenated alkanes) is 5. The molecule has 4 fully saturated rings. The van der Waals surface area contributed by atoms with Crippen molar-refractivity contribution in [1.82, 2.24) is 14.9 Å². The van der Waals surface area contributed by atoms with Crippen molar-refractivity contribution >= 4 is 17.7 Å². The number of alkyl carbamates (subject to hydrolysis) is 1. The third-order valence-corrected chi connectivity index (χ3v) is 11.4. The van der Waals surface area contributed by atoms with E-state index in [0.717, 1.165) is 12.8 Å². The molecule has 0 bridgehead atoms. The van der Waals surface area contributed by atoms with Crippen LogP contribution < -0.4 is 27.6 Å². The summed E-state index contributed by atoms with van der Waals surface area (Å²) in [6, 6.07) is 7.47. The largest absolute Gasteiger partial charge is 0.444 e. The summed E-state index contributed by atoms with van der Waals surface area (Å²) in [6.45, 7) is 14.9. The first-order valence-electron chi connectivity index (χ1n) is 21.6. The second-order valence-corrected chi connectivity index (χ2v) is 17.6. The summed E-state index contributed by atoms with van der Waals surface area (Å²) in [5, 5.41) is 5.70. The number of hydrogen-bond donors (Lipinski definition) is 4. The molecule has 17 heteroatoms. The molecule has 0 aliphatic carbocycles. The number of nitrogens with zero attached hydrogens (tertiary/aromatic N) is 1. The number of aromatic nitrogens is 2. The van der Waals surface area contributed by atoms with E-state index in [2.05, 4.69) is 22.5 Å². The Bertz CT molecular complexity index is 1870. The molecule has 1 aromatic carbocycles. The van der Waals surface area contributed by atoms with Crippen LogP contribution in [-0.4, -0.2) is 100 Å². The molecule has 4 aliphatic rings. The number of benzene rings is 1. The number of H-pyrrole nitrogens is 1. The summed E-state index contributed by atoms with van der Waals surface area (Å²) in [6.07, 6.45) is 1.16. The number of amides is 2. The fraction of sp³-hybridized carbons (Fsp3) is 0.721. The van der Waals surface area contributed by atoms with E-state index in [1.54, 1.807) is 34.6 Å². The van der Waals surface area contributed by atoms with E-state index < -0.39 is 102 Å². The van der Waals surface area contributed by atoms with Crippen LogP contribution in [0.3, 0.4) is 0 Å². The number of aryl methyl sites for hydroxylation is 1. The quantitative estimate of drug-likeness (QED) is 0.149. The zero-order valence-electron chi connectivity index (χ0n) is 36.2. The van der Waals surface area contributed by atoms with E-state index in [9.17, 15) is 19.2 Å². The lowest BCUT2D eigenvalue weighted by atomic mass is 9.98. The zero-order valence-corrected chi connectivity index (χ0v) is 36.2. The molecule has 60 heavy (non-hydrogen) atoms. The summed E-state index contributed by atoms with van der Waals surface area (Å²) in [5.41, 5.74) is 6.57. The van der Waals surface area contributed by atoms with Crippen molar-refractivity contribution in [2.75, 3.05) is 11.9 Å². The molecule has 2 amide bonds. The lowest BCUT2D eigenvalue weighted by Gasteiger charge is -2.35. The Labute approximate surface area is 351 Å². The van der Waals surface area contributed by atoms with Crippen molar-refractivity contribution in [3.05, 3.63) is 62.9 Å². The number of aromatic amines is 1. The van der Waals surface area contributed by atoms with Gasteiger partial charge in [0.1, 0.15) is 54.4 Å². The van der Waals surface area contributed by atoms with Gasteiger partial charge >= 0.3 is 11.8 Å². The highest BCUT2D eigenvalue weighted by Gasteiger charge is 2.62. The molecule has 4 saturated heterocycles. The topological polar surface area (TPSA) is 213 Å². The van der Waals surface area contributed by atoms with E-state index in [0.29, 0.717) is 18.5 Å². The zero-order chi connectivity index (χ0) is 43.4. The maximum atomic E-state index is 14.2. The smallest absolute Gasteiger partial charge is 0.407 e. The molecule has 5 heterocycles. The molecular formula is C43H65N5O12. The van der Waals surface area contributed by atoms with E-state index in [4.69, 9.17) is 43.6 Å². The number of rotatable bonds is 18. The summed E-state index contributed by atoms with van der Waals surface area (Å²) in [4.78, 5) is 54.3. The molecule has 1 aromatic heterocycles. The van der Waals surface area contributed by atoms with Crippen molar-refractivity contribution < 1.29 is 47.5 Å². The summed E-state index contributed by atoms with van der Waals surface area (Å²) in [7, 11) is 0. The van der Waals surface area contributed by atoms with Crippen LogP contribution in [0.15, 0.2) is 46.1 Å². The van der Waals surface area contributed by atoms with Gasteiger partial charge in [-0.1, -0.05) is 65.0 Å². The van der Waals surface area contributed by atoms with Gasteiger partial charge in [-0.3, -0.25) is 19.1 Å². The molecule has 0 radical (unpaired) electrons. The van der Waals surface area contributed by atoms with Gasteiger partial charge in [0.05, 0.1) is 0 Å². The third kappa shape index (κ3) is 10.8. The fourth-order valence-corrected chi connectivity index (χ4v) is 8.32. The number of hydrogen-bond acceptors (Lipinski definition) is 13. The predicted molar refractivity (Wildman–Crippen MR) is 220 cm³/mol. The second kappa shape index (κ2) is 19.2. The van der Waals surface area contributed by atoms with Crippen LogP contribution in [0.2, 0.25) is 0 Å².